The van der Waals surface area contributed by atoms with E-state index in [-0.39, 0.29) is 5.75 Å². The summed E-state index contributed by atoms with van der Waals surface area (Å²) in [5, 5.41) is 11.0. The highest BCUT2D eigenvalue weighted by Crippen LogP contribution is 2.42. The van der Waals surface area contributed by atoms with Crippen LogP contribution in [0.25, 0.3) is 0 Å². The van der Waals surface area contributed by atoms with Gasteiger partial charge in [0.15, 0.2) is 0 Å². The van der Waals surface area contributed by atoms with Crippen molar-refractivity contribution in [2.75, 3.05) is 7.05 Å². The molecule has 2 unspecified atom stereocenters. The van der Waals surface area contributed by atoms with E-state index in [1.165, 1.54) is 6.07 Å². The van der Waals surface area contributed by atoms with E-state index in [4.69, 9.17) is 23.2 Å². The van der Waals surface area contributed by atoms with Crippen molar-refractivity contribution in [1.29, 1.82) is 0 Å². The molecular weight excluding hydrogens is 301 g/mol. The van der Waals surface area contributed by atoms with Gasteiger partial charge in [0.25, 0.3) is 0 Å². The van der Waals surface area contributed by atoms with Crippen LogP contribution in [0.1, 0.15) is 12.8 Å². The zero-order valence-electron chi connectivity index (χ0n) is 10.5. The largest absolute Gasteiger partial charge is 0.506 e. The average molecular weight is 316 g/mol. The summed E-state index contributed by atoms with van der Waals surface area (Å²) in [4.78, 5) is 3.38. The van der Waals surface area contributed by atoms with Gasteiger partial charge in [0.2, 0.25) is 0 Å². The zero-order valence-corrected chi connectivity index (χ0v) is 12.8. The second kappa shape index (κ2) is 5.21. The molecule has 5 heteroatoms. The van der Waals surface area contributed by atoms with Gasteiger partial charge in [-0.2, -0.15) is 0 Å². The average Bonchev–Trinajstić information content (AvgIpc) is 2.60. The SMILES string of the molecule is CN1C2C=CC1CC(Sc1cc(Cl)c(O)cc1Cl)C2. The van der Waals surface area contributed by atoms with Crippen LogP contribution in [-0.4, -0.2) is 34.4 Å². The number of fused-ring (bicyclic) bond motifs is 2. The molecule has 2 heterocycles. The molecule has 0 saturated carbocycles. The van der Waals surface area contributed by atoms with Crippen molar-refractivity contribution < 1.29 is 5.11 Å². The molecule has 1 fully saturated rings. The maximum Gasteiger partial charge on any atom is 0.135 e. The van der Waals surface area contributed by atoms with Gasteiger partial charge in [-0.1, -0.05) is 35.4 Å². The summed E-state index contributed by atoms with van der Waals surface area (Å²) in [6.07, 6.45) is 6.86. The fourth-order valence-corrected chi connectivity index (χ4v) is 4.61. The van der Waals surface area contributed by atoms with Crippen LogP contribution in [0.3, 0.4) is 0 Å². The molecule has 2 aliphatic rings. The molecule has 0 spiro atoms. The third-order valence-electron chi connectivity index (χ3n) is 3.91. The standard InChI is InChI=1S/C14H15Cl2NOS/c1-17-8-2-3-9(17)5-10(4-8)19-14-7-11(15)13(18)6-12(14)16/h2-3,6-10,18H,4-5H2,1H3. The monoisotopic (exact) mass is 315 g/mol. The molecule has 0 radical (unpaired) electrons. The van der Waals surface area contributed by atoms with Crippen molar-refractivity contribution >= 4 is 35.0 Å². The number of phenolic OH excluding ortho intramolecular Hbond substituents is 1. The molecule has 0 aromatic heterocycles. The molecule has 0 aliphatic carbocycles. The summed E-state index contributed by atoms with van der Waals surface area (Å²) in [6, 6.07) is 4.37. The summed E-state index contributed by atoms with van der Waals surface area (Å²) in [6.45, 7) is 0. The number of halogens is 2. The van der Waals surface area contributed by atoms with Crippen LogP contribution in [0.2, 0.25) is 10.0 Å². The summed E-state index contributed by atoms with van der Waals surface area (Å²) >= 11 is 13.9. The van der Waals surface area contributed by atoms with Gasteiger partial charge in [-0.15, -0.1) is 11.8 Å². The van der Waals surface area contributed by atoms with Crippen LogP contribution in [-0.2, 0) is 0 Å². The first-order valence-corrected chi connectivity index (χ1v) is 7.93. The van der Waals surface area contributed by atoms with Gasteiger partial charge < -0.3 is 5.11 Å². The van der Waals surface area contributed by atoms with E-state index < -0.39 is 0 Å². The lowest BCUT2D eigenvalue weighted by molar-refractivity contribution is 0.200. The van der Waals surface area contributed by atoms with Crippen LogP contribution in [0.5, 0.6) is 5.75 Å². The summed E-state index contributed by atoms with van der Waals surface area (Å²) in [7, 11) is 2.18. The van der Waals surface area contributed by atoms with Gasteiger partial charge in [0.05, 0.1) is 10.0 Å². The summed E-state index contributed by atoms with van der Waals surface area (Å²) < 4.78 is 0. The van der Waals surface area contributed by atoms with Gasteiger partial charge >= 0.3 is 0 Å². The predicted octanol–water partition coefficient (Wildman–Crippen LogP) is 4.19. The molecule has 2 atom stereocenters. The maximum absolute atomic E-state index is 9.52. The number of hydrogen-bond donors (Lipinski definition) is 1. The van der Waals surface area contributed by atoms with E-state index in [9.17, 15) is 5.11 Å². The van der Waals surface area contributed by atoms with Crippen LogP contribution < -0.4 is 0 Å². The van der Waals surface area contributed by atoms with Crippen molar-refractivity contribution in [2.45, 2.75) is 35.1 Å². The van der Waals surface area contributed by atoms with Gasteiger partial charge in [0, 0.05) is 28.3 Å². The normalized spacial score (nSPS) is 29.9. The Bertz CT molecular complexity index is 518. The second-order valence-corrected chi connectivity index (χ2v) is 7.29. The molecule has 1 aromatic rings. The number of thioether (sulfide) groups is 1. The molecule has 2 aliphatic heterocycles. The van der Waals surface area contributed by atoms with Gasteiger partial charge in [-0.05, 0) is 26.0 Å². The van der Waals surface area contributed by atoms with Gasteiger partial charge in [0.1, 0.15) is 5.75 Å². The number of piperidine rings is 1. The molecule has 2 nitrogen and oxygen atoms in total. The summed E-state index contributed by atoms with van der Waals surface area (Å²) in [5.74, 6) is 0.0427. The minimum absolute atomic E-state index is 0.0427. The first-order valence-electron chi connectivity index (χ1n) is 6.29. The Balaban J connectivity index is 1.75. The van der Waals surface area contributed by atoms with Crippen molar-refractivity contribution in [3.63, 3.8) is 0 Å². The third kappa shape index (κ3) is 2.62. The van der Waals surface area contributed by atoms with Crippen LogP contribution in [0, 0.1) is 0 Å². The molecule has 1 aromatic carbocycles. The smallest absolute Gasteiger partial charge is 0.135 e. The lowest BCUT2D eigenvalue weighted by Gasteiger charge is -2.36. The maximum atomic E-state index is 9.52. The van der Waals surface area contributed by atoms with E-state index in [1.54, 1.807) is 17.8 Å². The van der Waals surface area contributed by atoms with Crippen molar-refractivity contribution in [3.8, 4) is 5.75 Å². The van der Waals surface area contributed by atoms with E-state index in [2.05, 4.69) is 24.1 Å². The molecular formula is C14H15Cl2NOS. The number of likely N-dealkylation sites (N-methyl/N-ethyl adjacent to an activating group) is 1. The van der Waals surface area contributed by atoms with E-state index >= 15 is 0 Å². The lowest BCUT2D eigenvalue weighted by Crippen LogP contribution is -2.41. The highest BCUT2D eigenvalue weighted by molar-refractivity contribution is 8.00. The number of benzene rings is 1. The first kappa shape index (κ1) is 13.6. The minimum atomic E-state index is 0.0427. The Hall–Kier alpha value is -0.350. The van der Waals surface area contributed by atoms with E-state index in [0.717, 1.165) is 17.7 Å². The highest BCUT2D eigenvalue weighted by Gasteiger charge is 2.35. The molecule has 19 heavy (non-hydrogen) atoms. The van der Waals surface area contributed by atoms with E-state index in [1.807, 2.05) is 0 Å². The van der Waals surface area contributed by atoms with Crippen LogP contribution in [0.4, 0.5) is 0 Å². The topological polar surface area (TPSA) is 23.5 Å². The first-order chi connectivity index (χ1) is 9.04. The number of phenols is 1. The molecule has 1 saturated heterocycles. The van der Waals surface area contributed by atoms with Crippen LogP contribution >= 0.6 is 35.0 Å². The highest BCUT2D eigenvalue weighted by atomic mass is 35.5. The molecule has 1 N–H and O–H groups in total. The second-order valence-electron chi connectivity index (χ2n) is 5.13. The Morgan fingerprint density at radius 3 is 2.42 bits per heavy atom. The molecule has 102 valence electrons. The lowest BCUT2D eigenvalue weighted by atomic mass is 10.0. The number of hydrogen-bond acceptors (Lipinski definition) is 3. The van der Waals surface area contributed by atoms with Crippen LogP contribution in [0.15, 0.2) is 29.2 Å². The number of aromatic hydroxyl groups is 1. The fraction of sp³-hybridized carbons (Fsp3) is 0.429. The molecule has 0 amide bonds. The Morgan fingerprint density at radius 2 is 1.79 bits per heavy atom. The minimum Gasteiger partial charge on any atom is -0.506 e. The number of nitrogens with zero attached hydrogens (tertiary/aromatic N) is 1. The summed E-state index contributed by atoms with van der Waals surface area (Å²) in [5.41, 5.74) is 0. The van der Waals surface area contributed by atoms with Crippen molar-refractivity contribution in [3.05, 3.63) is 34.3 Å². The third-order valence-corrected chi connectivity index (χ3v) is 5.94. The van der Waals surface area contributed by atoms with Gasteiger partial charge in [-0.25, -0.2) is 0 Å². The predicted molar refractivity (Wildman–Crippen MR) is 81.5 cm³/mol. The van der Waals surface area contributed by atoms with E-state index in [0.29, 0.717) is 27.4 Å². The number of rotatable bonds is 2. The van der Waals surface area contributed by atoms with Crippen molar-refractivity contribution in [2.24, 2.45) is 0 Å². The molecule has 2 bridgehead atoms. The van der Waals surface area contributed by atoms with Crippen molar-refractivity contribution in [1.82, 2.24) is 4.90 Å². The molecule has 3 rings (SSSR count). The Kier molecular flexibility index (Phi) is 3.73. The zero-order chi connectivity index (χ0) is 13.6. The fourth-order valence-electron chi connectivity index (χ4n) is 2.78. The quantitative estimate of drug-likeness (QED) is 0.828. The Labute approximate surface area is 127 Å². The van der Waals surface area contributed by atoms with Gasteiger partial charge in [-0.3, -0.25) is 4.90 Å². The Morgan fingerprint density at radius 1 is 1.16 bits per heavy atom.